The van der Waals surface area contributed by atoms with Gasteiger partial charge in [0.05, 0.1) is 6.54 Å². The first-order valence-corrected chi connectivity index (χ1v) is 9.49. The number of amides is 1. The highest BCUT2D eigenvalue weighted by molar-refractivity contribution is 7.09. The third-order valence-electron chi connectivity index (χ3n) is 4.79. The maximum atomic E-state index is 12.8. The van der Waals surface area contributed by atoms with E-state index in [-0.39, 0.29) is 5.91 Å². The predicted octanol–water partition coefficient (Wildman–Crippen LogP) is 2.93. The molecule has 1 aliphatic carbocycles. The van der Waals surface area contributed by atoms with Gasteiger partial charge in [-0.25, -0.2) is 9.50 Å². The van der Waals surface area contributed by atoms with Gasteiger partial charge in [-0.15, -0.1) is 11.3 Å². The summed E-state index contributed by atoms with van der Waals surface area (Å²) in [5.74, 6) is 0.843. The third-order valence-corrected chi connectivity index (χ3v) is 5.65. The molecular weight excluding hydrogens is 334 g/mol. The van der Waals surface area contributed by atoms with Crippen LogP contribution in [0.5, 0.6) is 0 Å². The van der Waals surface area contributed by atoms with E-state index in [1.54, 1.807) is 15.9 Å². The number of carbonyl (C=O) groups is 1. The largest absolute Gasteiger partial charge is 0.335 e. The fourth-order valence-corrected chi connectivity index (χ4v) is 3.97. The molecule has 6 nitrogen and oxygen atoms in total. The van der Waals surface area contributed by atoms with E-state index in [9.17, 15) is 4.79 Å². The molecular formula is C18H21N5OS. The zero-order valence-electron chi connectivity index (χ0n) is 14.5. The van der Waals surface area contributed by atoms with Crippen molar-refractivity contribution in [3.63, 3.8) is 0 Å². The predicted molar refractivity (Wildman–Crippen MR) is 96.5 cm³/mol. The van der Waals surface area contributed by atoms with Gasteiger partial charge in [0.15, 0.2) is 0 Å². The van der Waals surface area contributed by atoms with Crippen molar-refractivity contribution in [1.82, 2.24) is 24.5 Å². The lowest BCUT2D eigenvalue weighted by atomic mass is 10.1. The molecule has 3 aromatic heterocycles. The summed E-state index contributed by atoms with van der Waals surface area (Å²) in [7, 11) is 0. The smallest absolute Gasteiger partial charge is 0.252 e. The second-order valence-electron chi connectivity index (χ2n) is 6.57. The Morgan fingerprint density at radius 2 is 2.24 bits per heavy atom. The molecule has 0 radical (unpaired) electrons. The molecule has 1 aliphatic rings. The van der Waals surface area contributed by atoms with Crippen molar-refractivity contribution in [2.75, 3.05) is 0 Å². The Kier molecular flexibility index (Phi) is 4.25. The van der Waals surface area contributed by atoms with Gasteiger partial charge in [-0.3, -0.25) is 4.79 Å². The van der Waals surface area contributed by atoms with E-state index in [1.165, 1.54) is 11.2 Å². The zero-order valence-corrected chi connectivity index (χ0v) is 15.3. The molecule has 0 aromatic carbocycles. The minimum Gasteiger partial charge on any atom is -0.335 e. The molecule has 0 saturated heterocycles. The molecule has 4 rings (SSSR count). The van der Waals surface area contributed by atoms with Crippen LogP contribution in [0.1, 0.15) is 41.1 Å². The molecule has 3 aromatic rings. The molecule has 1 amide bonds. The highest BCUT2D eigenvalue weighted by Crippen LogP contribution is 2.30. The van der Waals surface area contributed by atoms with Crippen LogP contribution in [-0.2, 0) is 17.8 Å². The maximum Gasteiger partial charge on any atom is 0.252 e. The summed E-state index contributed by atoms with van der Waals surface area (Å²) in [6.07, 6.45) is 4.96. The van der Waals surface area contributed by atoms with Crippen LogP contribution in [0.3, 0.4) is 0 Å². The number of carbonyl (C=O) groups excluding carboxylic acids is 1. The van der Waals surface area contributed by atoms with Crippen molar-refractivity contribution in [3.05, 3.63) is 45.7 Å². The minimum absolute atomic E-state index is 0.230. The molecule has 7 heteroatoms. The van der Waals surface area contributed by atoms with Gasteiger partial charge in [0.25, 0.3) is 5.78 Å². The van der Waals surface area contributed by atoms with Crippen LogP contribution in [0.25, 0.3) is 5.78 Å². The van der Waals surface area contributed by atoms with Crippen molar-refractivity contribution >= 4 is 23.0 Å². The van der Waals surface area contributed by atoms with Crippen LogP contribution < -0.4 is 0 Å². The van der Waals surface area contributed by atoms with Crippen LogP contribution in [0, 0.1) is 13.8 Å². The highest BCUT2D eigenvalue weighted by atomic mass is 32.1. The highest BCUT2D eigenvalue weighted by Gasteiger charge is 2.32. The third kappa shape index (κ3) is 3.28. The van der Waals surface area contributed by atoms with Gasteiger partial charge in [-0.2, -0.15) is 10.1 Å². The van der Waals surface area contributed by atoms with Crippen molar-refractivity contribution in [3.8, 4) is 0 Å². The van der Waals surface area contributed by atoms with Crippen molar-refractivity contribution in [2.45, 2.75) is 52.1 Å². The second-order valence-corrected chi connectivity index (χ2v) is 7.60. The quantitative estimate of drug-likeness (QED) is 0.682. The molecule has 25 heavy (non-hydrogen) atoms. The Balaban J connectivity index is 1.49. The van der Waals surface area contributed by atoms with Crippen molar-refractivity contribution in [1.29, 1.82) is 0 Å². The summed E-state index contributed by atoms with van der Waals surface area (Å²) in [6, 6.07) is 4.57. The molecule has 1 saturated carbocycles. The van der Waals surface area contributed by atoms with Gasteiger partial charge < -0.3 is 4.90 Å². The first-order chi connectivity index (χ1) is 12.1. The number of nitrogens with zero attached hydrogens (tertiary/aromatic N) is 5. The summed E-state index contributed by atoms with van der Waals surface area (Å²) in [5.41, 5.74) is 3.05. The average molecular weight is 355 g/mol. The number of fused-ring (bicyclic) bond motifs is 1. The van der Waals surface area contributed by atoms with Crippen molar-refractivity contribution in [2.24, 2.45) is 0 Å². The molecule has 0 bridgehead atoms. The van der Waals surface area contributed by atoms with E-state index >= 15 is 0 Å². The lowest BCUT2D eigenvalue weighted by molar-refractivity contribution is -0.132. The zero-order chi connectivity index (χ0) is 17.4. The normalized spacial score (nSPS) is 14.2. The Morgan fingerprint density at radius 3 is 2.96 bits per heavy atom. The van der Waals surface area contributed by atoms with Crippen LogP contribution in [-0.4, -0.2) is 36.4 Å². The number of hydrogen-bond acceptors (Lipinski definition) is 5. The van der Waals surface area contributed by atoms with E-state index in [0.29, 0.717) is 24.7 Å². The molecule has 0 aliphatic heterocycles. The summed E-state index contributed by atoms with van der Waals surface area (Å²) in [5, 5.41) is 6.29. The number of aromatic nitrogens is 4. The second kappa shape index (κ2) is 6.55. The molecule has 0 N–H and O–H groups in total. The van der Waals surface area contributed by atoms with Gasteiger partial charge in [0.2, 0.25) is 5.91 Å². The van der Waals surface area contributed by atoms with Crippen molar-refractivity contribution < 1.29 is 4.79 Å². The first-order valence-electron chi connectivity index (χ1n) is 8.61. The Morgan fingerprint density at radius 1 is 1.40 bits per heavy atom. The van der Waals surface area contributed by atoms with Gasteiger partial charge >= 0.3 is 0 Å². The van der Waals surface area contributed by atoms with E-state index in [1.807, 2.05) is 19.9 Å². The van der Waals surface area contributed by atoms with Crippen LogP contribution in [0.4, 0.5) is 0 Å². The van der Waals surface area contributed by atoms with Gasteiger partial charge in [0.1, 0.15) is 6.33 Å². The standard InChI is InChI=1S/C18H21N5OS/c1-12-16(13(2)23-18(21-12)19-11-20-23)7-8-17(24)22(14-5-6-14)10-15-4-3-9-25-15/h3-4,9,11,14H,5-8,10H2,1-2H3. The van der Waals surface area contributed by atoms with Crippen LogP contribution in [0.15, 0.2) is 23.8 Å². The SMILES string of the molecule is Cc1nc2ncnn2c(C)c1CCC(=O)N(Cc1cccs1)C1CC1. The van der Waals surface area contributed by atoms with E-state index < -0.39 is 0 Å². The fraction of sp³-hybridized carbons (Fsp3) is 0.444. The number of rotatable bonds is 6. The molecule has 0 atom stereocenters. The monoisotopic (exact) mass is 355 g/mol. The number of aryl methyl sites for hydroxylation is 2. The van der Waals surface area contributed by atoms with Crippen LogP contribution >= 0.6 is 11.3 Å². The summed E-state index contributed by atoms with van der Waals surface area (Å²) < 4.78 is 1.75. The molecule has 1 fully saturated rings. The Labute approximate surface area is 150 Å². The lowest BCUT2D eigenvalue weighted by Gasteiger charge is -2.22. The lowest BCUT2D eigenvalue weighted by Crippen LogP contribution is -2.32. The molecule has 0 spiro atoms. The van der Waals surface area contributed by atoms with E-state index in [2.05, 4.69) is 31.4 Å². The van der Waals surface area contributed by atoms with Gasteiger partial charge in [0, 0.05) is 28.7 Å². The topological polar surface area (TPSA) is 63.4 Å². The number of thiophene rings is 1. The van der Waals surface area contributed by atoms with E-state index in [4.69, 9.17) is 0 Å². The molecule has 130 valence electrons. The fourth-order valence-electron chi connectivity index (χ4n) is 3.27. The van der Waals surface area contributed by atoms with Gasteiger partial charge in [-0.1, -0.05) is 6.07 Å². The Bertz CT molecular complexity index is 898. The van der Waals surface area contributed by atoms with E-state index in [0.717, 1.165) is 36.3 Å². The molecule has 0 unspecified atom stereocenters. The van der Waals surface area contributed by atoms with Gasteiger partial charge in [-0.05, 0) is 50.1 Å². The minimum atomic E-state index is 0.230. The maximum absolute atomic E-state index is 12.8. The first kappa shape index (κ1) is 16.2. The summed E-state index contributed by atoms with van der Waals surface area (Å²) in [6.45, 7) is 4.73. The summed E-state index contributed by atoms with van der Waals surface area (Å²) >= 11 is 1.71. The summed E-state index contributed by atoms with van der Waals surface area (Å²) in [4.78, 5) is 24.8. The average Bonchev–Trinajstić information content (AvgIpc) is 3.09. The number of hydrogen-bond donors (Lipinski definition) is 0. The van der Waals surface area contributed by atoms with Crippen LogP contribution in [0.2, 0.25) is 0 Å². The Hall–Kier alpha value is -2.28. The molecule has 3 heterocycles.